The van der Waals surface area contributed by atoms with Crippen LogP contribution in [-0.2, 0) is 11.2 Å². The third kappa shape index (κ3) is 2.49. The minimum Gasteiger partial charge on any atom is -0.299 e. The molecule has 0 saturated heterocycles. The van der Waals surface area contributed by atoms with Crippen LogP contribution in [0.25, 0.3) is 0 Å². The predicted octanol–water partition coefficient (Wildman–Crippen LogP) is 2.65. The van der Waals surface area contributed by atoms with E-state index in [0.29, 0.717) is 0 Å². The summed E-state index contributed by atoms with van der Waals surface area (Å²) in [4.78, 5) is 11.1. The Hall–Kier alpha value is -1.51. The van der Waals surface area contributed by atoms with Crippen molar-refractivity contribution in [2.45, 2.75) is 12.8 Å². The molecule has 0 N–H and O–H groups in total. The third-order valence-corrected chi connectivity index (χ3v) is 1.81. The fourth-order valence-electron chi connectivity index (χ4n) is 1.13. The average Bonchev–Trinajstić information content (AvgIpc) is 2.12. The zero-order valence-electron chi connectivity index (χ0n) is 7.59. The topological polar surface area (TPSA) is 17.1 Å². The molecule has 1 rings (SSSR count). The van der Waals surface area contributed by atoms with Crippen LogP contribution in [0.4, 0.5) is 8.78 Å². The third-order valence-electron chi connectivity index (χ3n) is 1.81. The molecule has 0 spiro atoms. The molecule has 0 saturated carbocycles. The molecule has 14 heavy (non-hydrogen) atoms. The fraction of sp³-hybridized carbons (Fsp3) is 0.182. The second-order valence-electron chi connectivity index (χ2n) is 2.91. The highest BCUT2D eigenvalue weighted by Gasteiger charge is 2.11. The molecule has 0 aliphatic heterocycles. The number of Topliss-reactive ketones (excluding diaryl/α,β-unsaturated/α-hetero) is 1. The normalized spacial score (nSPS) is 9.86. The van der Waals surface area contributed by atoms with E-state index in [1.54, 1.807) is 0 Å². The molecule has 0 bridgehead atoms. The maximum atomic E-state index is 13.0. The SMILES string of the molecule is C=CCC(=O)Cc1c(F)cccc1F. The number of rotatable bonds is 4. The summed E-state index contributed by atoms with van der Waals surface area (Å²) in [6.07, 6.45) is 1.33. The number of carbonyl (C=O) groups is 1. The molecule has 0 unspecified atom stereocenters. The smallest absolute Gasteiger partial charge is 0.141 e. The first kappa shape index (κ1) is 10.6. The highest BCUT2D eigenvalue weighted by atomic mass is 19.1. The van der Waals surface area contributed by atoms with Crippen LogP contribution in [0.2, 0.25) is 0 Å². The number of ketones is 1. The zero-order valence-corrected chi connectivity index (χ0v) is 7.59. The van der Waals surface area contributed by atoms with Gasteiger partial charge in [0, 0.05) is 18.4 Å². The summed E-state index contributed by atoms with van der Waals surface area (Å²) in [5.41, 5.74) is -0.167. The van der Waals surface area contributed by atoms with Crippen LogP contribution < -0.4 is 0 Å². The van der Waals surface area contributed by atoms with Gasteiger partial charge in [-0.3, -0.25) is 4.79 Å². The largest absolute Gasteiger partial charge is 0.299 e. The van der Waals surface area contributed by atoms with Crippen molar-refractivity contribution in [3.8, 4) is 0 Å². The Kier molecular flexibility index (Phi) is 3.51. The van der Waals surface area contributed by atoms with Gasteiger partial charge >= 0.3 is 0 Å². The van der Waals surface area contributed by atoms with Gasteiger partial charge in [0.2, 0.25) is 0 Å². The van der Waals surface area contributed by atoms with Crippen LogP contribution in [0, 0.1) is 11.6 Å². The Labute approximate surface area is 81.1 Å². The van der Waals surface area contributed by atoms with Crippen LogP contribution in [0.15, 0.2) is 30.9 Å². The lowest BCUT2D eigenvalue weighted by Crippen LogP contribution is -2.05. The Morgan fingerprint density at radius 2 is 1.93 bits per heavy atom. The highest BCUT2D eigenvalue weighted by Crippen LogP contribution is 2.13. The van der Waals surface area contributed by atoms with Gasteiger partial charge in [-0.1, -0.05) is 12.1 Å². The number of hydrogen-bond donors (Lipinski definition) is 0. The molecule has 0 heterocycles. The van der Waals surface area contributed by atoms with Crippen molar-refractivity contribution in [3.63, 3.8) is 0 Å². The zero-order chi connectivity index (χ0) is 10.6. The Morgan fingerprint density at radius 1 is 1.36 bits per heavy atom. The number of allylic oxidation sites excluding steroid dienone is 1. The van der Waals surface area contributed by atoms with Crippen molar-refractivity contribution in [2.24, 2.45) is 0 Å². The number of carbonyl (C=O) groups excluding carboxylic acids is 1. The number of benzene rings is 1. The highest BCUT2D eigenvalue weighted by molar-refractivity contribution is 5.82. The first-order valence-corrected chi connectivity index (χ1v) is 4.20. The lowest BCUT2D eigenvalue weighted by molar-refractivity contribution is -0.117. The monoisotopic (exact) mass is 196 g/mol. The van der Waals surface area contributed by atoms with E-state index in [1.807, 2.05) is 0 Å². The molecule has 1 aromatic rings. The summed E-state index contributed by atoms with van der Waals surface area (Å²) >= 11 is 0. The van der Waals surface area contributed by atoms with E-state index in [-0.39, 0.29) is 24.2 Å². The Balaban J connectivity index is 2.85. The molecule has 0 aliphatic rings. The molecular formula is C11H10F2O. The molecule has 1 nitrogen and oxygen atoms in total. The van der Waals surface area contributed by atoms with Crippen molar-refractivity contribution >= 4 is 5.78 Å². The van der Waals surface area contributed by atoms with Crippen molar-refractivity contribution in [3.05, 3.63) is 48.1 Å². The van der Waals surface area contributed by atoms with Gasteiger partial charge in [0.25, 0.3) is 0 Å². The molecule has 0 atom stereocenters. The van der Waals surface area contributed by atoms with E-state index in [2.05, 4.69) is 6.58 Å². The second kappa shape index (κ2) is 4.65. The lowest BCUT2D eigenvalue weighted by atomic mass is 10.1. The molecule has 3 heteroatoms. The number of halogens is 2. The van der Waals surface area contributed by atoms with Gasteiger partial charge in [0.05, 0.1) is 0 Å². The van der Waals surface area contributed by atoms with Crippen molar-refractivity contribution < 1.29 is 13.6 Å². The molecule has 0 aromatic heterocycles. The molecule has 0 amide bonds. The van der Waals surface area contributed by atoms with Gasteiger partial charge in [-0.15, -0.1) is 6.58 Å². The molecule has 74 valence electrons. The van der Waals surface area contributed by atoms with Crippen molar-refractivity contribution in [1.29, 1.82) is 0 Å². The average molecular weight is 196 g/mol. The summed E-state index contributed by atoms with van der Waals surface area (Å²) in [7, 11) is 0. The molecule has 1 aromatic carbocycles. The van der Waals surface area contributed by atoms with Crippen LogP contribution in [0.5, 0.6) is 0 Å². The molecule has 0 radical (unpaired) electrons. The summed E-state index contributed by atoms with van der Waals surface area (Å²) < 4.78 is 26.1. The molecule has 0 aliphatic carbocycles. The van der Waals surface area contributed by atoms with Crippen molar-refractivity contribution in [1.82, 2.24) is 0 Å². The fourth-order valence-corrected chi connectivity index (χ4v) is 1.13. The standard InChI is InChI=1S/C11H10F2O/c1-2-4-8(14)7-9-10(12)5-3-6-11(9)13/h2-3,5-6H,1,4,7H2. The predicted molar refractivity (Wildman–Crippen MR) is 49.9 cm³/mol. The molecule has 0 fully saturated rings. The van der Waals surface area contributed by atoms with E-state index in [1.165, 1.54) is 12.1 Å². The Bertz CT molecular complexity index is 338. The quantitative estimate of drug-likeness (QED) is 0.676. The van der Waals surface area contributed by atoms with E-state index < -0.39 is 11.6 Å². The van der Waals surface area contributed by atoms with E-state index in [4.69, 9.17) is 0 Å². The van der Waals surface area contributed by atoms with E-state index in [9.17, 15) is 13.6 Å². The van der Waals surface area contributed by atoms with Crippen LogP contribution in [0.1, 0.15) is 12.0 Å². The Morgan fingerprint density at radius 3 is 2.43 bits per heavy atom. The summed E-state index contributed by atoms with van der Waals surface area (Å²) in [5.74, 6) is -1.60. The second-order valence-corrected chi connectivity index (χ2v) is 2.91. The van der Waals surface area contributed by atoms with Gasteiger partial charge in [-0.2, -0.15) is 0 Å². The van der Waals surface area contributed by atoms with Gasteiger partial charge in [0.15, 0.2) is 0 Å². The van der Waals surface area contributed by atoms with E-state index in [0.717, 1.165) is 12.1 Å². The van der Waals surface area contributed by atoms with Gasteiger partial charge in [0.1, 0.15) is 17.4 Å². The first-order chi connectivity index (χ1) is 6.65. The maximum Gasteiger partial charge on any atom is 0.141 e. The van der Waals surface area contributed by atoms with Gasteiger partial charge in [-0.25, -0.2) is 8.78 Å². The minimum atomic E-state index is -0.678. The lowest BCUT2D eigenvalue weighted by Gasteiger charge is -2.02. The summed E-state index contributed by atoms with van der Waals surface area (Å²) in [6.45, 7) is 3.38. The van der Waals surface area contributed by atoms with Crippen LogP contribution in [0.3, 0.4) is 0 Å². The van der Waals surface area contributed by atoms with E-state index >= 15 is 0 Å². The van der Waals surface area contributed by atoms with Crippen molar-refractivity contribution in [2.75, 3.05) is 0 Å². The van der Waals surface area contributed by atoms with Crippen LogP contribution in [-0.4, -0.2) is 5.78 Å². The van der Waals surface area contributed by atoms with Gasteiger partial charge < -0.3 is 0 Å². The summed E-state index contributed by atoms with van der Waals surface area (Å²) in [5, 5.41) is 0. The van der Waals surface area contributed by atoms with Gasteiger partial charge in [-0.05, 0) is 12.1 Å². The minimum absolute atomic E-state index is 0.133. The first-order valence-electron chi connectivity index (χ1n) is 4.20. The molecular weight excluding hydrogens is 186 g/mol. The van der Waals surface area contributed by atoms with Crippen LogP contribution >= 0.6 is 0 Å². The summed E-state index contributed by atoms with van der Waals surface area (Å²) in [6, 6.07) is 3.55. The number of hydrogen-bond acceptors (Lipinski definition) is 1. The maximum absolute atomic E-state index is 13.0.